The van der Waals surface area contributed by atoms with Crippen molar-refractivity contribution < 1.29 is 9.21 Å². The largest absolute Gasteiger partial charge is 0.416 e. The van der Waals surface area contributed by atoms with Gasteiger partial charge in [-0.1, -0.05) is 23.9 Å². The van der Waals surface area contributed by atoms with Crippen molar-refractivity contribution >= 4 is 39.2 Å². The third-order valence-electron chi connectivity index (χ3n) is 7.11. The molecule has 1 amide bonds. The van der Waals surface area contributed by atoms with Crippen LogP contribution in [0.2, 0.25) is 0 Å². The molecule has 162 valence electrons. The number of benzene rings is 1. The molecule has 2 aromatic heterocycles. The van der Waals surface area contributed by atoms with Crippen molar-refractivity contribution in [2.24, 2.45) is 17.8 Å². The molecule has 31 heavy (non-hydrogen) atoms. The maximum atomic E-state index is 12.7. The molecule has 3 aromatic rings. The summed E-state index contributed by atoms with van der Waals surface area (Å²) < 4.78 is 6.96. The van der Waals surface area contributed by atoms with Gasteiger partial charge < -0.3 is 9.73 Å². The molecule has 6 nitrogen and oxygen atoms in total. The van der Waals surface area contributed by atoms with Gasteiger partial charge in [0, 0.05) is 18.4 Å². The van der Waals surface area contributed by atoms with Gasteiger partial charge in [0.25, 0.3) is 5.22 Å². The van der Waals surface area contributed by atoms with Crippen LogP contribution in [0, 0.1) is 17.8 Å². The van der Waals surface area contributed by atoms with Gasteiger partial charge in [-0.25, -0.2) is 4.98 Å². The van der Waals surface area contributed by atoms with Gasteiger partial charge in [0.05, 0.1) is 21.0 Å². The number of fused-ring (bicyclic) bond motifs is 1. The molecule has 0 atom stereocenters. The Balaban J connectivity index is 1.01. The summed E-state index contributed by atoms with van der Waals surface area (Å²) in [5.74, 6) is 3.51. The standard InChI is InChI=1S/C23H26N4O2S2/c28-19(25-23-10-14-7-15(11-23)9-16(8-14)12-23)13-30-22-27-26-20(29-22)5-6-21-24-17-3-1-2-4-18(17)31-21/h1-4,14-16H,5-13H2,(H,25,28). The van der Waals surface area contributed by atoms with Crippen LogP contribution in [0.15, 0.2) is 33.9 Å². The Morgan fingerprint density at radius 1 is 1.10 bits per heavy atom. The number of para-hydroxylation sites is 1. The van der Waals surface area contributed by atoms with Crippen LogP contribution in [-0.2, 0) is 17.6 Å². The molecule has 0 spiro atoms. The Morgan fingerprint density at radius 2 is 1.84 bits per heavy atom. The lowest BCUT2D eigenvalue weighted by Gasteiger charge is -2.56. The molecule has 0 saturated heterocycles. The Bertz CT molecular complexity index is 1040. The van der Waals surface area contributed by atoms with Crippen molar-refractivity contribution in [3.63, 3.8) is 0 Å². The van der Waals surface area contributed by atoms with Crippen molar-refractivity contribution in [1.29, 1.82) is 0 Å². The molecule has 4 aliphatic carbocycles. The number of nitrogens with one attached hydrogen (secondary N) is 1. The number of nitrogens with zero attached hydrogens (tertiary/aromatic N) is 3. The fourth-order valence-corrected chi connectivity index (χ4v) is 7.91. The number of amides is 1. The minimum Gasteiger partial charge on any atom is -0.416 e. The minimum atomic E-state index is 0.0592. The molecule has 0 aliphatic heterocycles. The van der Waals surface area contributed by atoms with E-state index in [1.54, 1.807) is 11.3 Å². The third kappa shape index (κ3) is 4.12. The van der Waals surface area contributed by atoms with Crippen LogP contribution in [0.4, 0.5) is 0 Å². The molecule has 4 aliphatic rings. The minimum absolute atomic E-state index is 0.0592. The van der Waals surface area contributed by atoms with E-state index in [2.05, 4.69) is 26.6 Å². The molecule has 2 heterocycles. The summed E-state index contributed by atoms with van der Waals surface area (Å²) in [5, 5.41) is 13.2. The van der Waals surface area contributed by atoms with E-state index in [0.717, 1.165) is 34.7 Å². The summed E-state index contributed by atoms with van der Waals surface area (Å²) in [6.45, 7) is 0. The summed E-state index contributed by atoms with van der Waals surface area (Å²) >= 11 is 3.04. The molecule has 0 radical (unpaired) electrons. The SMILES string of the molecule is O=C(CSc1nnc(CCc2nc3ccccc3s2)o1)NC12CC3CC(CC(C3)C1)C2. The van der Waals surface area contributed by atoms with E-state index >= 15 is 0 Å². The van der Waals surface area contributed by atoms with Crippen LogP contribution < -0.4 is 5.32 Å². The molecule has 4 fully saturated rings. The van der Waals surface area contributed by atoms with Gasteiger partial charge in [0.2, 0.25) is 11.8 Å². The second-order valence-electron chi connectivity index (χ2n) is 9.57. The summed E-state index contributed by atoms with van der Waals surface area (Å²) in [5.41, 5.74) is 1.10. The van der Waals surface area contributed by atoms with E-state index in [0.29, 0.717) is 23.3 Å². The molecule has 4 saturated carbocycles. The highest BCUT2D eigenvalue weighted by Gasteiger charge is 2.51. The summed E-state index contributed by atoms with van der Waals surface area (Å²) in [6.07, 6.45) is 9.09. The first kappa shape index (κ1) is 19.7. The first-order chi connectivity index (χ1) is 15.1. The predicted octanol–water partition coefficient (Wildman–Crippen LogP) is 4.64. The van der Waals surface area contributed by atoms with E-state index in [9.17, 15) is 4.79 Å². The number of thiazole rings is 1. The van der Waals surface area contributed by atoms with Gasteiger partial charge in [0.15, 0.2) is 0 Å². The second-order valence-corrected chi connectivity index (χ2v) is 11.6. The molecule has 4 bridgehead atoms. The summed E-state index contributed by atoms with van der Waals surface area (Å²) in [4.78, 5) is 17.3. The van der Waals surface area contributed by atoms with Crippen molar-refractivity contribution in [3.05, 3.63) is 35.2 Å². The molecule has 0 unspecified atom stereocenters. The normalized spacial score (nSPS) is 29.0. The van der Waals surface area contributed by atoms with Gasteiger partial charge in [0.1, 0.15) is 0 Å². The van der Waals surface area contributed by atoms with E-state index in [4.69, 9.17) is 4.42 Å². The zero-order chi connectivity index (χ0) is 20.8. The fraction of sp³-hybridized carbons (Fsp3) is 0.565. The molecule has 8 heteroatoms. The van der Waals surface area contributed by atoms with Crippen LogP contribution in [-0.4, -0.2) is 32.4 Å². The molecule has 7 rings (SSSR count). The molecular weight excluding hydrogens is 428 g/mol. The maximum absolute atomic E-state index is 12.7. The fourth-order valence-electron chi connectivity index (χ4n) is 6.36. The number of hydrogen-bond acceptors (Lipinski definition) is 7. The lowest BCUT2D eigenvalue weighted by atomic mass is 9.53. The van der Waals surface area contributed by atoms with E-state index in [1.165, 1.54) is 55.0 Å². The van der Waals surface area contributed by atoms with Gasteiger partial charge in [-0.15, -0.1) is 21.5 Å². The van der Waals surface area contributed by atoms with Gasteiger partial charge in [-0.2, -0.15) is 0 Å². The van der Waals surface area contributed by atoms with Crippen molar-refractivity contribution in [3.8, 4) is 0 Å². The molecular formula is C23H26N4O2S2. The average molecular weight is 455 g/mol. The lowest BCUT2D eigenvalue weighted by Crippen LogP contribution is -2.60. The average Bonchev–Trinajstić information content (AvgIpc) is 3.35. The van der Waals surface area contributed by atoms with Crippen molar-refractivity contribution in [2.75, 3.05) is 5.75 Å². The number of hydrogen-bond donors (Lipinski definition) is 1. The van der Waals surface area contributed by atoms with Crippen LogP contribution >= 0.6 is 23.1 Å². The van der Waals surface area contributed by atoms with Crippen LogP contribution in [0.25, 0.3) is 10.2 Å². The number of carbonyl (C=O) groups excluding carboxylic acids is 1. The number of aromatic nitrogens is 3. The summed E-state index contributed by atoms with van der Waals surface area (Å²) in [6, 6.07) is 8.16. The van der Waals surface area contributed by atoms with E-state index < -0.39 is 0 Å². The highest BCUT2D eigenvalue weighted by atomic mass is 32.2. The molecule has 1 aromatic carbocycles. The Morgan fingerprint density at radius 3 is 2.58 bits per heavy atom. The number of carbonyl (C=O) groups is 1. The predicted molar refractivity (Wildman–Crippen MR) is 121 cm³/mol. The van der Waals surface area contributed by atoms with Crippen LogP contribution in [0.1, 0.15) is 49.4 Å². The van der Waals surface area contributed by atoms with Crippen LogP contribution in [0.3, 0.4) is 0 Å². The first-order valence-corrected chi connectivity index (χ1v) is 13.0. The third-order valence-corrected chi connectivity index (χ3v) is 9.02. The zero-order valence-corrected chi connectivity index (χ0v) is 19.0. The zero-order valence-electron chi connectivity index (χ0n) is 17.4. The van der Waals surface area contributed by atoms with Gasteiger partial charge in [-0.3, -0.25) is 4.79 Å². The lowest BCUT2D eigenvalue weighted by molar-refractivity contribution is -0.124. The topological polar surface area (TPSA) is 80.9 Å². The highest BCUT2D eigenvalue weighted by Crippen LogP contribution is 2.55. The number of aryl methyl sites for hydroxylation is 2. The monoisotopic (exact) mass is 454 g/mol. The highest BCUT2D eigenvalue weighted by molar-refractivity contribution is 7.99. The Labute approximate surface area is 189 Å². The van der Waals surface area contributed by atoms with Gasteiger partial charge >= 0.3 is 0 Å². The second kappa shape index (κ2) is 7.89. The maximum Gasteiger partial charge on any atom is 0.277 e. The van der Waals surface area contributed by atoms with E-state index in [1.807, 2.05) is 18.2 Å². The van der Waals surface area contributed by atoms with E-state index in [-0.39, 0.29) is 11.4 Å². The summed E-state index contributed by atoms with van der Waals surface area (Å²) in [7, 11) is 0. The smallest absolute Gasteiger partial charge is 0.277 e. The number of thioether (sulfide) groups is 1. The Hall–Kier alpha value is -1.93. The van der Waals surface area contributed by atoms with Crippen molar-refractivity contribution in [1.82, 2.24) is 20.5 Å². The first-order valence-electron chi connectivity index (χ1n) is 11.2. The number of rotatable bonds is 7. The quantitative estimate of drug-likeness (QED) is 0.524. The van der Waals surface area contributed by atoms with Crippen molar-refractivity contribution in [2.45, 2.75) is 62.1 Å². The van der Waals surface area contributed by atoms with Gasteiger partial charge in [-0.05, 0) is 68.4 Å². The molecule has 1 N–H and O–H groups in total. The Kier molecular flexibility index (Phi) is 5.02. The van der Waals surface area contributed by atoms with Crippen LogP contribution in [0.5, 0.6) is 0 Å².